The first kappa shape index (κ1) is 22.5. The molecule has 1 fully saturated rings. The third-order valence-electron chi connectivity index (χ3n) is 6.86. The number of hydrazone groups is 1. The minimum Gasteiger partial charge on any atom is -0.288 e. The number of benzene rings is 2. The summed E-state index contributed by atoms with van der Waals surface area (Å²) in [6.07, 6.45) is 7.48. The van der Waals surface area contributed by atoms with E-state index in [0.29, 0.717) is 12.6 Å². The van der Waals surface area contributed by atoms with Crippen molar-refractivity contribution in [2.24, 2.45) is 5.10 Å². The Morgan fingerprint density at radius 2 is 1.78 bits per heavy atom. The van der Waals surface area contributed by atoms with Crippen molar-refractivity contribution in [3.63, 3.8) is 0 Å². The first-order chi connectivity index (χ1) is 15.5. The predicted molar refractivity (Wildman–Crippen MR) is 132 cm³/mol. The van der Waals surface area contributed by atoms with Gasteiger partial charge in [0, 0.05) is 24.6 Å². The number of aryl methyl sites for hydroxylation is 3. The molecule has 0 bridgehead atoms. The SMILES string of the molecule is C=CCN(CC(=O)N1N=C(c2ccc(C)cc2C)C[C@H]1c1ccc(C)cc1)C1CCCC1. The topological polar surface area (TPSA) is 35.9 Å². The summed E-state index contributed by atoms with van der Waals surface area (Å²) < 4.78 is 0. The Morgan fingerprint density at radius 3 is 2.44 bits per heavy atom. The Bertz CT molecular complexity index is 1000. The molecule has 1 aliphatic carbocycles. The Hall–Kier alpha value is -2.72. The molecule has 1 amide bonds. The summed E-state index contributed by atoms with van der Waals surface area (Å²) in [7, 11) is 0. The highest BCUT2D eigenvalue weighted by Gasteiger charge is 2.35. The Kier molecular flexibility index (Phi) is 6.90. The molecule has 0 N–H and O–H groups in total. The van der Waals surface area contributed by atoms with Gasteiger partial charge in [-0.15, -0.1) is 6.58 Å². The highest BCUT2D eigenvalue weighted by Crippen LogP contribution is 2.34. The fourth-order valence-electron chi connectivity index (χ4n) is 5.11. The van der Waals surface area contributed by atoms with Crippen molar-refractivity contribution >= 4 is 11.6 Å². The third-order valence-corrected chi connectivity index (χ3v) is 6.86. The van der Waals surface area contributed by atoms with Crippen LogP contribution in [-0.2, 0) is 4.79 Å². The van der Waals surface area contributed by atoms with Crippen molar-refractivity contribution in [1.82, 2.24) is 9.91 Å². The maximum atomic E-state index is 13.6. The van der Waals surface area contributed by atoms with Gasteiger partial charge in [0.1, 0.15) is 0 Å². The van der Waals surface area contributed by atoms with E-state index in [0.717, 1.165) is 29.8 Å². The van der Waals surface area contributed by atoms with Crippen molar-refractivity contribution in [1.29, 1.82) is 0 Å². The predicted octanol–water partition coefficient (Wildman–Crippen LogP) is 5.72. The highest BCUT2D eigenvalue weighted by atomic mass is 16.2. The second-order valence-electron chi connectivity index (χ2n) is 9.39. The van der Waals surface area contributed by atoms with Crippen LogP contribution in [0.2, 0.25) is 0 Å². The van der Waals surface area contributed by atoms with Gasteiger partial charge in [-0.2, -0.15) is 5.10 Å². The van der Waals surface area contributed by atoms with Gasteiger partial charge in [0.15, 0.2) is 0 Å². The summed E-state index contributed by atoms with van der Waals surface area (Å²) in [5, 5.41) is 6.67. The third kappa shape index (κ3) is 4.86. The molecule has 4 rings (SSSR count). The lowest BCUT2D eigenvalue weighted by Crippen LogP contribution is -2.42. The Morgan fingerprint density at radius 1 is 1.09 bits per heavy atom. The molecule has 0 aromatic heterocycles. The van der Waals surface area contributed by atoms with Crippen LogP contribution in [0.3, 0.4) is 0 Å². The average molecular weight is 430 g/mol. The van der Waals surface area contributed by atoms with Crippen LogP contribution in [0.5, 0.6) is 0 Å². The first-order valence-electron chi connectivity index (χ1n) is 11.8. The van der Waals surface area contributed by atoms with Gasteiger partial charge in [-0.05, 0) is 44.7 Å². The van der Waals surface area contributed by atoms with Gasteiger partial charge in [-0.25, -0.2) is 5.01 Å². The monoisotopic (exact) mass is 429 g/mol. The molecule has 2 aliphatic rings. The van der Waals surface area contributed by atoms with E-state index in [2.05, 4.69) is 74.7 Å². The van der Waals surface area contributed by atoms with Crippen LogP contribution in [0, 0.1) is 20.8 Å². The number of nitrogens with zero attached hydrogens (tertiary/aromatic N) is 3. The molecule has 0 spiro atoms. The molecule has 4 heteroatoms. The maximum Gasteiger partial charge on any atom is 0.257 e. The minimum atomic E-state index is -0.0621. The molecule has 1 saturated carbocycles. The molecule has 2 aromatic rings. The maximum absolute atomic E-state index is 13.6. The number of hydrogen-bond acceptors (Lipinski definition) is 3. The molecule has 0 unspecified atom stereocenters. The van der Waals surface area contributed by atoms with Crippen molar-refractivity contribution in [2.75, 3.05) is 13.1 Å². The summed E-state index contributed by atoms with van der Waals surface area (Å²) in [6.45, 7) is 11.4. The number of carbonyl (C=O) groups excluding carboxylic acids is 1. The van der Waals surface area contributed by atoms with Crippen molar-refractivity contribution in [3.8, 4) is 0 Å². The molecule has 2 aromatic carbocycles. The van der Waals surface area contributed by atoms with E-state index < -0.39 is 0 Å². The van der Waals surface area contributed by atoms with Gasteiger partial charge in [0.2, 0.25) is 0 Å². The van der Waals surface area contributed by atoms with Gasteiger partial charge in [0.05, 0.1) is 18.3 Å². The van der Waals surface area contributed by atoms with Crippen LogP contribution in [0.15, 0.2) is 60.2 Å². The molecular formula is C28H35N3O. The fraction of sp³-hybridized carbons (Fsp3) is 0.429. The molecule has 0 saturated heterocycles. The van der Waals surface area contributed by atoms with E-state index in [4.69, 9.17) is 5.10 Å². The van der Waals surface area contributed by atoms with E-state index in [9.17, 15) is 4.79 Å². The zero-order valence-corrected chi connectivity index (χ0v) is 19.7. The number of amides is 1. The zero-order chi connectivity index (χ0) is 22.7. The van der Waals surface area contributed by atoms with Gasteiger partial charge < -0.3 is 0 Å². The molecule has 1 atom stereocenters. The lowest BCUT2D eigenvalue weighted by molar-refractivity contribution is -0.134. The Balaban J connectivity index is 1.63. The standard InChI is InChI=1S/C28H35N3O/c1-5-16-30(24-8-6-7-9-24)19-28(32)31-27(23-13-10-20(2)11-14-23)18-26(29-31)25-15-12-21(3)17-22(25)4/h5,10-15,17,24,27H,1,6-9,16,18-19H2,2-4H3/t27-/m0/s1. The summed E-state index contributed by atoms with van der Waals surface area (Å²) in [4.78, 5) is 15.9. The normalized spacial score (nSPS) is 18.9. The number of hydrogen-bond donors (Lipinski definition) is 0. The van der Waals surface area contributed by atoms with Crippen LogP contribution in [0.4, 0.5) is 0 Å². The minimum absolute atomic E-state index is 0.0621. The van der Waals surface area contributed by atoms with Gasteiger partial charge in [-0.3, -0.25) is 9.69 Å². The number of carbonyl (C=O) groups is 1. The molecule has 4 nitrogen and oxygen atoms in total. The summed E-state index contributed by atoms with van der Waals surface area (Å²) in [6, 6.07) is 15.4. The average Bonchev–Trinajstić information content (AvgIpc) is 3.44. The van der Waals surface area contributed by atoms with Crippen LogP contribution >= 0.6 is 0 Å². The van der Waals surface area contributed by atoms with E-state index in [1.165, 1.54) is 42.4 Å². The summed E-state index contributed by atoms with van der Waals surface area (Å²) in [5.41, 5.74) is 6.95. The lowest BCUT2D eigenvalue weighted by atomic mass is 9.95. The van der Waals surface area contributed by atoms with Crippen LogP contribution in [0.1, 0.15) is 66.0 Å². The van der Waals surface area contributed by atoms with Crippen molar-refractivity contribution < 1.29 is 4.79 Å². The van der Waals surface area contributed by atoms with E-state index in [1.54, 1.807) is 5.01 Å². The second kappa shape index (κ2) is 9.83. The van der Waals surface area contributed by atoms with Gasteiger partial charge >= 0.3 is 0 Å². The van der Waals surface area contributed by atoms with Gasteiger partial charge in [0.25, 0.3) is 5.91 Å². The molecule has 168 valence electrons. The smallest absolute Gasteiger partial charge is 0.257 e. The highest BCUT2D eigenvalue weighted by molar-refractivity contribution is 6.04. The molecule has 1 aliphatic heterocycles. The van der Waals surface area contributed by atoms with E-state index >= 15 is 0 Å². The van der Waals surface area contributed by atoms with E-state index in [-0.39, 0.29) is 11.9 Å². The van der Waals surface area contributed by atoms with Crippen LogP contribution in [0.25, 0.3) is 0 Å². The quantitative estimate of drug-likeness (QED) is 0.528. The molecule has 1 heterocycles. The summed E-state index contributed by atoms with van der Waals surface area (Å²) >= 11 is 0. The first-order valence-corrected chi connectivity index (χ1v) is 11.8. The zero-order valence-electron chi connectivity index (χ0n) is 19.7. The Labute approximate surface area is 192 Å². The van der Waals surface area contributed by atoms with Crippen molar-refractivity contribution in [3.05, 3.63) is 82.9 Å². The van der Waals surface area contributed by atoms with Gasteiger partial charge in [-0.1, -0.05) is 72.5 Å². The second-order valence-corrected chi connectivity index (χ2v) is 9.39. The molecule has 0 radical (unpaired) electrons. The number of rotatable bonds is 7. The largest absolute Gasteiger partial charge is 0.288 e. The van der Waals surface area contributed by atoms with Crippen LogP contribution < -0.4 is 0 Å². The fourth-order valence-corrected chi connectivity index (χ4v) is 5.11. The van der Waals surface area contributed by atoms with Crippen LogP contribution in [-0.4, -0.2) is 40.7 Å². The molecule has 32 heavy (non-hydrogen) atoms. The van der Waals surface area contributed by atoms with E-state index in [1.807, 2.05) is 6.08 Å². The summed E-state index contributed by atoms with van der Waals surface area (Å²) in [5.74, 6) is 0.0732. The molecular weight excluding hydrogens is 394 g/mol. The van der Waals surface area contributed by atoms with Crippen molar-refractivity contribution in [2.45, 2.75) is 65.0 Å². The lowest BCUT2D eigenvalue weighted by Gasteiger charge is -2.30.